The monoisotopic (exact) mass is 547 g/mol. The second-order valence-corrected chi connectivity index (χ2v) is 11.0. The number of esters is 1. The van der Waals surface area contributed by atoms with Crippen molar-refractivity contribution in [3.05, 3.63) is 134 Å². The molecule has 0 heterocycles. The van der Waals surface area contributed by atoms with Crippen LogP contribution < -0.4 is 21.9 Å². The average molecular weight is 548 g/mol. The summed E-state index contributed by atoms with van der Waals surface area (Å²) in [6, 6.07) is 43.5. The summed E-state index contributed by atoms with van der Waals surface area (Å²) in [5.74, 6) is -0.319. The fourth-order valence-electron chi connectivity index (χ4n) is 6.21. The summed E-state index contributed by atoms with van der Waals surface area (Å²) >= 11 is 0. The van der Waals surface area contributed by atoms with Crippen LogP contribution in [0.25, 0.3) is 0 Å². The van der Waals surface area contributed by atoms with Gasteiger partial charge in [0.1, 0.15) is 6.15 Å². The number of nitrogens with zero attached hydrogens (tertiary/aromatic N) is 1. The largest absolute Gasteiger partial charge is 0.462 e. The molecule has 0 atom stereocenters. The first-order valence-electron chi connectivity index (χ1n) is 15.0. The van der Waals surface area contributed by atoms with Crippen LogP contribution in [0.2, 0.25) is 0 Å². The van der Waals surface area contributed by atoms with Crippen molar-refractivity contribution in [3.8, 4) is 0 Å². The Balaban J connectivity index is 0.000000253. The van der Waals surface area contributed by atoms with E-state index >= 15 is 0 Å². The van der Waals surface area contributed by atoms with Gasteiger partial charge in [0.15, 0.2) is 0 Å². The van der Waals surface area contributed by atoms with Gasteiger partial charge in [0.05, 0.1) is 33.3 Å². The smallest absolute Gasteiger partial charge is 0.330 e. The van der Waals surface area contributed by atoms with Crippen molar-refractivity contribution >= 4 is 34.0 Å². The first-order valence-corrected chi connectivity index (χ1v) is 15.0. The van der Waals surface area contributed by atoms with Gasteiger partial charge in [0.2, 0.25) is 0 Å². The lowest BCUT2D eigenvalue weighted by Gasteiger charge is -2.44. The third kappa shape index (κ3) is 8.55. The maximum atomic E-state index is 10.8. The lowest BCUT2D eigenvalue weighted by molar-refractivity contribution is -0.909. The molecule has 0 aliphatic rings. The van der Waals surface area contributed by atoms with E-state index in [2.05, 4.69) is 149 Å². The summed E-state index contributed by atoms with van der Waals surface area (Å²) < 4.78 is 6.06. The van der Waals surface area contributed by atoms with Gasteiger partial charge in [-0.05, 0) is 12.8 Å². The van der Waals surface area contributed by atoms with Gasteiger partial charge in [0, 0.05) is 12.5 Å². The van der Waals surface area contributed by atoms with Crippen LogP contribution in [0.5, 0.6) is 0 Å². The molecular formula is C37H46BNO2. The molecule has 3 nitrogen and oxygen atoms in total. The van der Waals surface area contributed by atoms with Crippen LogP contribution in [0.1, 0.15) is 33.1 Å². The van der Waals surface area contributed by atoms with Crippen molar-refractivity contribution in [1.29, 1.82) is 0 Å². The van der Waals surface area contributed by atoms with E-state index in [1.54, 1.807) is 0 Å². The van der Waals surface area contributed by atoms with Crippen LogP contribution in [0.4, 0.5) is 0 Å². The third-order valence-electron chi connectivity index (χ3n) is 7.98. The van der Waals surface area contributed by atoms with Crippen molar-refractivity contribution in [1.82, 2.24) is 0 Å². The molecule has 0 N–H and O–H groups in total. The second kappa shape index (κ2) is 16.4. The first kappa shape index (κ1) is 31.6. The number of quaternary nitrogens is 1. The normalized spacial score (nSPS) is 11.2. The maximum absolute atomic E-state index is 10.8. The Labute approximate surface area is 248 Å². The van der Waals surface area contributed by atoms with E-state index in [0.717, 1.165) is 17.4 Å². The summed E-state index contributed by atoms with van der Waals surface area (Å²) in [7, 11) is 2.28. The Hall–Kier alpha value is -3.89. The Kier molecular flexibility index (Phi) is 12.7. The number of carbonyl (C=O) groups is 1. The summed E-state index contributed by atoms with van der Waals surface area (Å²) in [6.45, 7) is 11.8. The molecule has 0 aliphatic carbocycles. The van der Waals surface area contributed by atoms with E-state index in [4.69, 9.17) is 4.74 Å². The van der Waals surface area contributed by atoms with Gasteiger partial charge in [-0.2, -0.15) is 21.9 Å². The lowest BCUT2D eigenvalue weighted by atomic mass is 9.13. The predicted molar refractivity (Wildman–Crippen MR) is 177 cm³/mol. The molecule has 41 heavy (non-hydrogen) atoms. The van der Waals surface area contributed by atoms with Gasteiger partial charge < -0.3 is 9.22 Å². The molecule has 4 rings (SSSR count). The highest BCUT2D eigenvalue weighted by molar-refractivity contribution is 7.19. The summed E-state index contributed by atoms with van der Waals surface area (Å²) in [5.41, 5.74) is 5.36. The molecule has 4 heteroatoms. The van der Waals surface area contributed by atoms with Crippen molar-refractivity contribution < 1.29 is 14.0 Å². The Morgan fingerprint density at radius 2 is 1.00 bits per heavy atom. The highest BCUT2D eigenvalue weighted by Gasteiger charge is 2.31. The molecule has 0 saturated heterocycles. The lowest BCUT2D eigenvalue weighted by Crippen LogP contribution is -2.74. The minimum Gasteiger partial charge on any atom is -0.462 e. The zero-order valence-electron chi connectivity index (χ0n) is 25.1. The highest BCUT2D eigenvalue weighted by Crippen LogP contribution is 2.09. The number of benzene rings is 4. The molecule has 4 aromatic carbocycles. The number of hydrogen-bond donors (Lipinski definition) is 0. The Morgan fingerprint density at radius 1 is 0.659 bits per heavy atom. The summed E-state index contributed by atoms with van der Waals surface area (Å²) in [5, 5.41) is 0. The number of hydrogen-bond acceptors (Lipinski definition) is 2. The molecule has 0 radical (unpaired) electrons. The predicted octanol–water partition coefficient (Wildman–Crippen LogP) is 5.44. The highest BCUT2D eigenvalue weighted by atomic mass is 16.5. The molecular weight excluding hydrogens is 501 g/mol. The standard InChI is InChI=1S/C24H20B.C13H26NO2/c1-5-13-21(14-6-1)25(22-15-7-2-8-16-22,23-17-9-3-10-18-23)24-19-11-4-12-20-24;1-5-9-14(4,10-6-2)11-8-12-16-13(15)7-3/h1-20H;7H,3,5-6,8-12H2,1-2,4H3/q-1;+1. The van der Waals surface area contributed by atoms with Crippen LogP contribution in [0.3, 0.4) is 0 Å². The maximum Gasteiger partial charge on any atom is 0.330 e. The summed E-state index contributed by atoms with van der Waals surface area (Å²) in [4.78, 5) is 10.8. The van der Waals surface area contributed by atoms with E-state index < -0.39 is 6.15 Å². The van der Waals surface area contributed by atoms with E-state index in [9.17, 15) is 4.79 Å². The van der Waals surface area contributed by atoms with E-state index in [-0.39, 0.29) is 5.97 Å². The second-order valence-electron chi connectivity index (χ2n) is 11.0. The molecule has 0 fully saturated rings. The molecule has 4 aromatic rings. The van der Waals surface area contributed by atoms with Gasteiger partial charge >= 0.3 is 5.97 Å². The van der Waals surface area contributed by atoms with Crippen molar-refractivity contribution in [2.75, 3.05) is 33.3 Å². The molecule has 0 amide bonds. The van der Waals surface area contributed by atoms with Crippen LogP contribution in [-0.2, 0) is 9.53 Å². The minimum absolute atomic E-state index is 0.319. The van der Waals surface area contributed by atoms with E-state index in [0.29, 0.717) is 6.61 Å². The molecule has 0 aromatic heterocycles. The zero-order chi connectivity index (χ0) is 29.4. The number of rotatable bonds is 13. The fourth-order valence-corrected chi connectivity index (χ4v) is 6.21. The first-order chi connectivity index (χ1) is 20.0. The van der Waals surface area contributed by atoms with Crippen molar-refractivity contribution in [3.63, 3.8) is 0 Å². The van der Waals surface area contributed by atoms with Crippen LogP contribution in [-0.4, -0.2) is 49.9 Å². The molecule has 0 unspecified atom stereocenters. The van der Waals surface area contributed by atoms with Gasteiger partial charge in [-0.15, -0.1) is 0 Å². The van der Waals surface area contributed by atoms with Crippen LogP contribution in [0, 0.1) is 0 Å². The Bertz CT molecular complexity index is 1120. The topological polar surface area (TPSA) is 26.3 Å². The Morgan fingerprint density at radius 3 is 1.29 bits per heavy atom. The van der Waals surface area contributed by atoms with E-state index in [1.165, 1.54) is 53.9 Å². The average Bonchev–Trinajstić information content (AvgIpc) is 3.02. The van der Waals surface area contributed by atoms with Gasteiger partial charge in [-0.3, -0.25) is 0 Å². The SMILES string of the molecule is C=CC(=O)OCCC[N+](C)(CCC)CCC.c1ccc([B-](c2ccccc2)(c2ccccc2)c2ccccc2)cc1. The van der Waals surface area contributed by atoms with Crippen molar-refractivity contribution in [2.45, 2.75) is 33.1 Å². The molecule has 214 valence electrons. The molecule has 0 spiro atoms. The van der Waals surface area contributed by atoms with Crippen molar-refractivity contribution in [2.24, 2.45) is 0 Å². The summed E-state index contributed by atoms with van der Waals surface area (Å²) in [6.07, 6.45) is 3.32. The molecule has 0 bridgehead atoms. The quantitative estimate of drug-likeness (QED) is 0.0733. The van der Waals surface area contributed by atoms with Gasteiger partial charge in [-0.25, -0.2) is 4.79 Å². The number of ether oxygens (including phenoxy) is 1. The fraction of sp³-hybridized carbons (Fsp3) is 0.270. The van der Waals surface area contributed by atoms with E-state index in [1.807, 2.05) is 0 Å². The van der Waals surface area contributed by atoms with Crippen LogP contribution in [0.15, 0.2) is 134 Å². The molecule has 0 aliphatic heterocycles. The minimum atomic E-state index is -1.22. The number of carbonyl (C=O) groups excluding carboxylic acids is 1. The zero-order valence-corrected chi connectivity index (χ0v) is 25.1. The third-order valence-corrected chi connectivity index (χ3v) is 7.98. The van der Waals surface area contributed by atoms with Gasteiger partial charge in [-0.1, -0.05) is 142 Å². The van der Waals surface area contributed by atoms with Gasteiger partial charge in [0.25, 0.3) is 0 Å². The van der Waals surface area contributed by atoms with Crippen LogP contribution >= 0.6 is 0 Å². The molecule has 0 saturated carbocycles.